The van der Waals surface area contributed by atoms with Crippen molar-refractivity contribution in [3.63, 3.8) is 0 Å². The third-order valence-corrected chi connectivity index (χ3v) is 4.55. The zero-order valence-electron chi connectivity index (χ0n) is 10.8. The molecule has 1 rings (SSSR count). The Morgan fingerprint density at radius 2 is 1.47 bits per heavy atom. The van der Waals surface area contributed by atoms with E-state index >= 15 is 0 Å². The van der Waals surface area contributed by atoms with E-state index in [1.807, 2.05) is 0 Å². The molecule has 1 aliphatic heterocycles. The van der Waals surface area contributed by atoms with E-state index in [-0.39, 0.29) is 0 Å². The topological polar surface area (TPSA) is 17.1 Å². The first kappa shape index (κ1) is 12.7. The fraction of sp³-hybridized carbons (Fsp3) is 0.923. The molecule has 1 saturated heterocycles. The van der Waals surface area contributed by atoms with Crippen LogP contribution < -0.4 is 0 Å². The average Bonchev–Trinajstić information content (AvgIpc) is 2.28. The van der Waals surface area contributed by atoms with Crippen molar-refractivity contribution in [1.82, 2.24) is 0 Å². The van der Waals surface area contributed by atoms with Crippen LogP contribution in [-0.4, -0.2) is 35.4 Å². The molecule has 15 heavy (non-hydrogen) atoms. The van der Waals surface area contributed by atoms with E-state index in [4.69, 9.17) is 0 Å². The first-order valence-electron chi connectivity index (χ1n) is 6.45. The molecule has 1 aliphatic rings. The smallest absolute Gasteiger partial charge is 0.144 e. The molecule has 0 spiro atoms. The highest BCUT2D eigenvalue weighted by Crippen LogP contribution is 2.28. The van der Waals surface area contributed by atoms with Crippen molar-refractivity contribution in [3.05, 3.63) is 0 Å². The molecular weight excluding hydrogens is 186 g/mol. The number of ketones is 1. The molecule has 0 radical (unpaired) electrons. The number of Topliss-reactive ketones (excluding diaryl/α,β-unsaturated/α-hetero) is 1. The van der Waals surface area contributed by atoms with Crippen LogP contribution in [0.1, 0.15) is 53.4 Å². The molecule has 0 saturated carbocycles. The van der Waals surface area contributed by atoms with Gasteiger partial charge in [-0.05, 0) is 26.7 Å². The number of piperidine rings is 1. The summed E-state index contributed by atoms with van der Waals surface area (Å²) in [6, 6.07) is 1.40. The molecule has 2 heteroatoms. The van der Waals surface area contributed by atoms with Crippen LogP contribution in [0.3, 0.4) is 0 Å². The number of hydrogen-bond donors (Lipinski definition) is 0. The van der Waals surface area contributed by atoms with E-state index in [0.717, 1.165) is 25.9 Å². The van der Waals surface area contributed by atoms with Gasteiger partial charge in [0, 0.05) is 0 Å². The lowest BCUT2D eigenvalue weighted by atomic mass is 9.97. The summed E-state index contributed by atoms with van der Waals surface area (Å²) in [4.78, 5) is 11.4. The fourth-order valence-corrected chi connectivity index (χ4v) is 2.95. The van der Waals surface area contributed by atoms with Gasteiger partial charge in [-0.25, -0.2) is 0 Å². The zero-order chi connectivity index (χ0) is 11.5. The second-order valence-electron chi connectivity index (χ2n) is 5.10. The Morgan fingerprint density at radius 3 is 1.80 bits per heavy atom. The van der Waals surface area contributed by atoms with Gasteiger partial charge in [0.25, 0.3) is 0 Å². The van der Waals surface area contributed by atoms with Crippen molar-refractivity contribution in [2.75, 3.05) is 13.1 Å². The number of carbonyl (C=O) groups is 1. The largest absolute Gasteiger partial charge is 0.318 e. The molecule has 88 valence electrons. The van der Waals surface area contributed by atoms with Crippen molar-refractivity contribution >= 4 is 5.78 Å². The number of likely N-dealkylation sites (tertiary alicyclic amines) is 1. The van der Waals surface area contributed by atoms with Crippen LogP contribution in [0.15, 0.2) is 0 Å². The van der Waals surface area contributed by atoms with Gasteiger partial charge in [-0.1, -0.05) is 13.8 Å². The van der Waals surface area contributed by atoms with Crippen molar-refractivity contribution in [2.24, 2.45) is 0 Å². The first-order valence-corrected chi connectivity index (χ1v) is 6.45. The van der Waals surface area contributed by atoms with Crippen LogP contribution >= 0.6 is 0 Å². The van der Waals surface area contributed by atoms with Gasteiger partial charge in [0.05, 0.1) is 38.0 Å². The normalized spacial score (nSPS) is 24.9. The van der Waals surface area contributed by atoms with Crippen LogP contribution in [0.5, 0.6) is 0 Å². The van der Waals surface area contributed by atoms with Gasteiger partial charge in [-0.3, -0.25) is 4.79 Å². The Morgan fingerprint density at radius 1 is 1.07 bits per heavy atom. The fourth-order valence-electron chi connectivity index (χ4n) is 2.95. The summed E-state index contributed by atoms with van der Waals surface area (Å²) in [5.74, 6) is 0.468. The molecule has 0 N–H and O–H groups in total. The molecule has 0 aromatic rings. The molecule has 2 atom stereocenters. The minimum atomic E-state index is 0.468. The zero-order valence-corrected chi connectivity index (χ0v) is 10.8. The van der Waals surface area contributed by atoms with Crippen molar-refractivity contribution < 1.29 is 9.28 Å². The number of nitrogens with zero attached hydrogens (tertiary/aromatic N) is 1. The van der Waals surface area contributed by atoms with Crippen LogP contribution in [0, 0.1) is 0 Å². The predicted molar refractivity (Wildman–Crippen MR) is 63.7 cm³/mol. The van der Waals surface area contributed by atoms with Crippen LogP contribution in [0.4, 0.5) is 0 Å². The summed E-state index contributed by atoms with van der Waals surface area (Å²) in [7, 11) is 0. The summed E-state index contributed by atoms with van der Waals surface area (Å²) in [6.45, 7) is 11.4. The molecule has 0 amide bonds. The lowest BCUT2D eigenvalue weighted by molar-refractivity contribution is -0.971. The number of quaternary nitrogens is 1. The Labute approximate surface area is 94.2 Å². The Bertz CT molecular complexity index is 203. The maximum absolute atomic E-state index is 11.4. The SMILES string of the molecule is CCC(C)[N+]1(C(C)CC)CCC(=O)CC1. The molecule has 0 bridgehead atoms. The molecular formula is C13H26NO+. The molecule has 0 aliphatic carbocycles. The summed E-state index contributed by atoms with van der Waals surface area (Å²) in [5.41, 5.74) is 0. The molecule has 0 aromatic heterocycles. The number of carbonyl (C=O) groups excluding carboxylic acids is 1. The van der Waals surface area contributed by atoms with Gasteiger partial charge < -0.3 is 4.48 Å². The van der Waals surface area contributed by atoms with Crippen LogP contribution in [0.2, 0.25) is 0 Å². The molecule has 0 aromatic carbocycles. The Balaban J connectivity index is 2.81. The highest BCUT2D eigenvalue weighted by atomic mass is 16.1. The summed E-state index contributed by atoms with van der Waals surface area (Å²) in [6.07, 6.45) is 4.04. The lowest BCUT2D eigenvalue weighted by Gasteiger charge is -2.49. The van der Waals surface area contributed by atoms with Crippen LogP contribution in [-0.2, 0) is 4.79 Å². The number of rotatable bonds is 4. The Hall–Kier alpha value is -0.370. The Kier molecular flexibility index (Phi) is 4.32. The third kappa shape index (κ3) is 2.41. The van der Waals surface area contributed by atoms with E-state index in [2.05, 4.69) is 27.7 Å². The van der Waals surface area contributed by atoms with Crippen molar-refractivity contribution in [3.8, 4) is 0 Å². The van der Waals surface area contributed by atoms with E-state index < -0.39 is 0 Å². The van der Waals surface area contributed by atoms with Gasteiger partial charge >= 0.3 is 0 Å². The molecule has 2 nitrogen and oxygen atoms in total. The maximum atomic E-state index is 11.4. The van der Waals surface area contributed by atoms with Gasteiger partial charge in [-0.2, -0.15) is 0 Å². The van der Waals surface area contributed by atoms with Gasteiger partial charge in [-0.15, -0.1) is 0 Å². The standard InChI is InChI=1S/C13H26NO/c1-5-11(3)14(12(4)6-2)9-7-13(15)8-10-14/h11-12H,5-10H2,1-4H3/q+1. The van der Waals surface area contributed by atoms with Gasteiger partial charge in [0.15, 0.2) is 0 Å². The van der Waals surface area contributed by atoms with Crippen LogP contribution in [0.25, 0.3) is 0 Å². The molecule has 2 unspecified atom stereocenters. The molecule has 1 heterocycles. The van der Waals surface area contributed by atoms with E-state index in [9.17, 15) is 4.79 Å². The highest BCUT2D eigenvalue weighted by Gasteiger charge is 2.40. The quantitative estimate of drug-likeness (QED) is 0.655. The minimum Gasteiger partial charge on any atom is -0.318 e. The monoisotopic (exact) mass is 212 g/mol. The van der Waals surface area contributed by atoms with Crippen molar-refractivity contribution in [1.29, 1.82) is 0 Å². The second-order valence-corrected chi connectivity index (χ2v) is 5.10. The van der Waals surface area contributed by atoms with Gasteiger partial charge in [0.1, 0.15) is 5.78 Å². The second kappa shape index (κ2) is 5.11. The van der Waals surface area contributed by atoms with E-state index in [1.54, 1.807) is 0 Å². The summed E-state index contributed by atoms with van der Waals surface area (Å²) < 4.78 is 1.18. The predicted octanol–water partition coefficient (Wildman–Crippen LogP) is 2.76. The third-order valence-electron chi connectivity index (χ3n) is 4.55. The highest BCUT2D eigenvalue weighted by molar-refractivity contribution is 5.79. The van der Waals surface area contributed by atoms with Crippen molar-refractivity contribution in [2.45, 2.75) is 65.5 Å². The van der Waals surface area contributed by atoms with E-state index in [0.29, 0.717) is 17.9 Å². The summed E-state index contributed by atoms with van der Waals surface area (Å²) in [5, 5.41) is 0. The van der Waals surface area contributed by atoms with E-state index in [1.165, 1.54) is 17.3 Å². The maximum Gasteiger partial charge on any atom is 0.144 e. The number of hydrogen-bond acceptors (Lipinski definition) is 1. The average molecular weight is 212 g/mol. The lowest BCUT2D eigenvalue weighted by Crippen LogP contribution is -2.62. The first-order chi connectivity index (χ1) is 7.06. The molecule has 1 fully saturated rings. The summed E-state index contributed by atoms with van der Waals surface area (Å²) >= 11 is 0. The van der Waals surface area contributed by atoms with Gasteiger partial charge in [0.2, 0.25) is 0 Å². The minimum absolute atomic E-state index is 0.468.